The lowest BCUT2D eigenvalue weighted by molar-refractivity contribution is -0.120. The number of hydrogen-bond donors (Lipinski definition) is 1. The van der Waals surface area contributed by atoms with Crippen molar-refractivity contribution in [3.63, 3.8) is 0 Å². The third kappa shape index (κ3) is 3.73. The SMILES string of the molecule is CSc1cccc(NC(=O)C2CN(c3cc(-n4nc(C)cc4C)ncn3)C2)c1. The minimum absolute atomic E-state index is 0.0438. The van der Waals surface area contributed by atoms with Crippen LogP contribution in [0.2, 0.25) is 0 Å². The van der Waals surface area contributed by atoms with Crippen molar-refractivity contribution in [1.82, 2.24) is 19.7 Å². The number of nitrogens with one attached hydrogen (secondary N) is 1. The standard InChI is InChI=1S/C20H22N6OS/c1-13-7-14(2)26(24-13)19-9-18(21-12-22-19)25-10-15(11-25)20(27)23-16-5-4-6-17(8-16)28-3/h4-9,12,15H,10-11H2,1-3H3,(H,23,27). The lowest BCUT2D eigenvalue weighted by atomic mass is 9.99. The van der Waals surface area contributed by atoms with Gasteiger partial charge in [0.25, 0.3) is 0 Å². The van der Waals surface area contributed by atoms with Gasteiger partial charge in [-0.2, -0.15) is 5.10 Å². The highest BCUT2D eigenvalue weighted by molar-refractivity contribution is 7.98. The normalized spacial score (nSPS) is 14.0. The summed E-state index contributed by atoms with van der Waals surface area (Å²) in [4.78, 5) is 24.4. The number of nitrogens with zero attached hydrogens (tertiary/aromatic N) is 5. The molecule has 3 heterocycles. The summed E-state index contributed by atoms with van der Waals surface area (Å²) in [5, 5.41) is 7.48. The molecule has 7 nitrogen and oxygen atoms in total. The fourth-order valence-electron chi connectivity index (χ4n) is 3.26. The van der Waals surface area contributed by atoms with Crippen LogP contribution in [0.3, 0.4) is 0 Å². The first-order valence-electron chi connectivity index (χ1n) is 9.09. The van der Waals surface area contributed by atoms with Crippen LogP contribution in [0.25, 0.3) is 5.82 Å². The van der Waals surface area contributed by atoms with E-state index in [9.17, 15) is 4.79 Å². The molecular formula is C20H22N6OS. The van der Waals surface area contributed by atoms with Gasteiger partial charge in [-0.3, -0.25) is 4.79 Å². The monoisotopic (exact) mass is 394 g/mol. The molecule has 144 valence electrons. The van der Waals surface area contributed by atoms with Gasteiger partial charge in [0.2, 0.25) is 5.91 Å². The number of aryl methyl sites for hydroxylation is 2. The van der Waals surface area contributed by atoms with Crippen molar-refractivity contribution in [3.8, 4) is 5.82 Å². The number of anilines is 2. The lowest BCUT2D eigenvalue weighted by Gasteiger charge is -2.39. The van der Waals surface area contributed by atoms with Crippen molar-refractivity contribution >= 4 is 29.2 Å². The Labute approximate surface area is 168 Å². The fraction of sp³-hybridized carbons (Fsp3) is 0.300. The molecule has 0 saturated carbocycles. The van der Waals surface area contributed by atoms with E-state index in [0.29, 0.717) is 13.1 Å². The lowest BCUT2D eigenvalue weighted by Crippen LogP contribution is -2.52. The van der Waals surface area contributed by atoms with Crippen LogP contribution in [0.4, 0.5) is 11.5 Å². The first-order chi connectivity index (χ1) is 13.5. The molecule has 0 radical (unpaired) electrons. The van der Waals surface area contributed by atoms with Crippen molar-refractivity contribution in [2.75, 3.05) is 29.6 Å². The summed E-state index contributed by atoms with van der Waals surface area (Å²) in [5.74, 6) is 1.54. The minimum atomic E-state index is -0.0509. The van der Waals surface area contributed by atoms with Crippen LogP contribution in [0.1, 0.15) is 11.4 Å². The van der Waals surface area contributed by atoms with Crippen molar-refractivity contribution in [1.29, 1.82) is 0 Å². The number of thioether (sulfide) groups is 1. The van der Waals surface area contributed by atoms with Gasteiger partial charge in [0.05, 0.1) is 11.6 Å². The van der Waals surface area contributed by atoms with Crippen LogP contribution >= 0.6 is 11.8 Å². The van der Waals surface area contributed by atoms with Gasteiger partial charge >= 0.3 is 0 Å². The molecule has 8 heteroatoms. The molecule has 1 aliphatic rings. The predicted molar refractivity (Wildman–Crippen MR) is 111 cm³/mol. The third-order valence-electron chi connectivity index (χ3n) is 4.78. The Balaban J connectivity index is 1.40. The second-order valence-electron chi connectivity index (χ2n) is 6.90. The van der Waals surface area contributed by atoms with E-state index in [1.165, 1.54) is 0 Å². The molecule has 2 aromatic heterocycles. The summed E-state index contributed by atoms with van der Waals surface area (Å²) in [6, 6.07) is 11.8. The van der Waals surface area contributed by atoms with E-state index in [-0.39, 0.29) is 11.8 Å². The number of rotatable bonds is 5. The van der Waals surface area contributed by atoms with Gasteiger partial charge in [-0.05, 0) is 44.4 Å². The number of carbonyl (C=O) groups excluding carboxylic acids is 1. The number of hydrogen-bond acceptors (Lipinski definition) is 6. The van der Waals surface area contributed by atoms with E-state index >= 15 is 0 Å². The third-order valence-corrected chi connectivity index (χ3v) is 5.50. The molecule has 1 amide bonds. The van der Waals surface area contributed by atoms with Crippen LogP contribution in [-0.2, 0) is 4.79 Å². The summed E-state index contributed by atoms with van der Waals surface area (Å²) in [6.07, 6.45) is 3.56. The summed E-state index contributed by atoms with van der Waals surface area (Å²) < 4.78 is 1.81. The summed E-state index contributed by atoms with van der Waals surface area (Å²) in [7, 11) is 0. The van der Waals surface area contributed by atoms with Crippen molar-refractivity contribution in [2.24, 2.45) is 5.92 Å². The highest BCUT2D eigenvalue weighted by atomic mass is 32.2. The Morgan fingerprint density at radius 3 is 2.64 bits per heavy atom. The summed E-state index contributed by atoms with van der Waals surface area (Å²) in [5.41, 5.74) is 2.81. The Hall–Kier alpha value is -2.87. The summed E-state index contributed by atoms with van der Waals surface area (Å²) >= 11 is 1.66. The van der Waals surface area contributed by atoms with E-state index in [1.807, 2.05) is 61.2 Å². The molecule has 1 aromatic carbocycles. The zero-order valence-corrected chi connectivity index (χ0v) is 16.9. The maximum absolute atomic E-state index is 12.5. The Bertz CT molecular complexity index is 1010. The van der Waals surface area contributed by atoms with E-state index in [4.69, 9.17) is 0 Å². The molecule has 0 bridgehead atoms. The number of amides is 1. The number of aromatic nitrogens is 4. The van der Waals surface area contributed by atoms with Gasteiger partial charge in [-0.25, -0.2) is 14.6 Å². The Morgan fingerprint density at radius 1 is 1.14 bits per heavy atom. The molecule has 0 aliphatic carbocycles. The molecule has 28 heavy (non-hydrogen) atoms. The molecule has 1 N–H and O–H groups in total. The van der Waals surface area contributed by atoms with Gasteiger partial charge in [-0.15, -0.1) is 11.8 Å². The molecular weight excluding hydrogens is 372 g/mol. The maximum Gasteiger partial charge on any atom is 0.231 e. The minimum Gasteiger partial charge on any atom is -0.355 e. The Kier molecular flexibility index (Phi) is 5.04. The highest BCUT2D eigenvalue weighted by Gasteiger charge is 2.33. The second kappa shape index (κ2) is 7.63. The average molecular weight is 395 g/mol. The van der Waals surface area contributed by atoms with E-state index in [0.717, 1.165) is 33.6 Å². The van der Waals surface area contributed by atoms with Crippen LogP contribution in [0, 0.1) is 19.8 Å². The van der Waals surface area contributed by atoms with Crippen molar-refractivity contribution in [2.45, 2.75) is 18.7 Å². The van der Waals surface area contributed by atoms with E-state index < -0.39 is 0 Å². The smallest absolute Gasteiger partial charge is 0.231 e. The predicted octanol–water partition coefficient (Wildman–Crippen LogP) is 3.08. The highest BCUT2D eigenvalue weighted by Crippen LogP contribution is 2.26. The maximum atomic E-state index is 12.5. The van der Waals surface area contributed by atoms with Crippen LogP contribution < -0.4 is 10.2 Å². The first-order valence-corrected chi connectivity index (χ1v) is 10.3. The van der Waals surface area contributed by atoms with Gasteiger partial charge < -0.3 is 10.2 Å². The molecule has 1 aliphatic heterocycles. The van der Waals surface area contributed by atoms with Crippen LogP contribution in [0.15, 0.2) is 47.6 Å². The van der Waals surface area contributed by atoms with E-state index in [1.54, 1.807) is 18.1 Å². The van der Waals surface area contributed by atoms with Crippen molar-refractivity contribution in [3.05, 3.63) is 54.1 Å². The quantitative estimate of drug-likeness (QED) is 0.670. The largest absolute Gasteiger partial charge is 0.355 e. The topological polar surface area (TPSA) is 75.9 Å². The Morgan fingerprint density at radius 2 is 1.93 bits per heavy atom. The second-order valence-corrected chi connectivity index (χ2v) is 7.78. The fourth-order valence-corrected chi connectivity index (χ4v) is 3.72. The van der Waals surface area contributed by atoms with Gasteiger partial charge in [0, 0.05) is 35.4 Å². The molecule has 3 aromatic rings. The van der Waals surface area contributed by atoms with Gasteiger partial charge in [0.1, 0.15) is 12.1 Å². The first kappa shape index (κ1) is 18.5. The number of benzene rings is 1. The zero-order chi connectivity index (χ0) is 19.7. The zero-order valence-electron chi connectivity index (χ0n) is 16.1. The van der Waals surface area contributed by atoms with Crippen LogP contribution in [0.5, 0.6) is 0 Å². The number of carbonyl (C=O) groups is 1. The van der Waals surface area contributed by atoms with E-state index in [2.05, 4.69) is 25.3 Å². The molecule has 0 spiro atoms. The summed E-state index contributed by atoms with van der Waals surface area (Å²) in [6.45, 7) is 5.24. The molecule has 4 rings (SSSR count). The molecule has 0 unspecified atom stereocenters. The van der Waals surface area contributed by atoms with Gasteiger partial charge in [-0.1, -0.05) is 6.07 Å². The van der Waals surface area contributed by atoms with Gasteiger partial charge in [0.15, 0.2) is 5.82 Å². The molecule has 1 saturated heterocycles. The molecule has 0 atom stereocenters. The van der Waals surface area contributed by atoms with Crippen molar-refractivity contribution < 1.29 is 4.79 Å². The van der Waals surface area contributed by atoms with Crippen LogP contribution in [-0.4, -0.2) is 45.0 Å². The average Bonchev–Trinajstić information content (AvgIpc) is 2.99. The molecule has 1 fully saturated rings.